The smallest absolute Gasteiger partial charge is 0.0619 e. The van der Waals surface area contributed by atoms with Crippen molar-refractivity contribution in [2.45, 2.75) is 12.3 Å². The summed E-state index contributed by atoms with van der Waals surface area (Å²) in [4.78, 5) is 0. The highest BCUT2D eigenvalue weighted by atomic mass is 14.5. The van der Waals surface area contributed by atoms with Crippen LogP contribution in [-0.2, 0) is 5.41 Å². The van der Waals surface area contributed by atoms with E-state index in [0.717, 1.165) is 0 Å². The van der Waals surface area contributed by atoms with E-state index in [2.05, 4.69) is 97.9 Å². The molecule has 122 valence electrons. The molecule has 0 radical (unpaired) electrons. The zero-order valence-electron chi connectivity index (χ0n) is 14.7. The molecule has 0 heteroatoms. The van der Waals surface area contributed by atoms with Gasteiger partial charge in [-0.1, -0.05) is 96.6 Å². The monoisotopic (exact) mass is 330 g/mol. The predicted octanol–water partition coefficient (Wildman–Crippen LogP) is 6.34. The molecular formula is C26H18. The minimum absolute atomic E-state index is 0.189. The lowest BCUT2D eigenvalue weighted by molar-refractivity contribution is 0.792. The largest absolute Gasteiger partial charge is 0.0725 e. The van der Waals surface area contributed by atoms with Gasteiger partial charge in [0.1, 0.15) is 0 Å². The number of hydrogen-bond acceptors (Lipinski definition) is 0. The first kappa shape index (κ1) is 14.1. The third kappa shape index (κ3) is 1.47. The van der Waals surface area contributed by atoms with E-state index in [1.807, 2.05) is 0 Å². The highest BCUT2D eigenvalue weighted by Gasteiger charge is 2.51. The van der Waals surface area contributed by atoms with Crippen molar-refractivity contribution in [3.63, 3.8) is 0 Å². The van der Waals surface area contributed by atoms with Crippen LogP contribution < -0.4 is 0 Å². The van der Waals surface area contributed by atoms with Crippen molar-refractivity contribution >= 4 is 0 Å². The zero-order chi connectivity index (χ0) is 17.3. The molecule has 4 aromatic carbocycles. The lowest BCUT2D eigenvalue weighted by Gasteiger charge is -2.30. The number of benzene rings is 4. The zero-order valence-corrected chi connectivity index (χ0v) is 14.7. The van der Waals surface area contributed by atoms with Gasteiger partial charge in [0.05, 0.1) is 5.41 Å². The molecule has 0 saturated heterocycles. The second-order valence-corrected chi connectivity index (χ2v) is 7.44. The molecule has 4 aromatic rings. The molecule has 2 aliphatic rings. The molecule has 26 heavy (non-hydrogen) atoms. The van der Waals surface area contributed by atoms with Gasteiger partial charge in [0.2, 0.25) is 0 Å². The van der Waals surface area contributed by atoms with E-state index in [-0.39, 0.29) is 5.41 Å². The first-order valence-corrected chi connectivity index (χ1v) is 9.22. The Morgan fingerprint density at radius 2 is 0.885 bits per heavy atom. The van der Waals surface area contributed by atoms with Gasteiger partial charge in [-0.25, -0.2) is 0 Å². The summed E-state index contributed by atoms with van der Waals surface area (Å²) in [5, 5.41) is 0. The summed E-state index contributed by atoms with van der Waals surface area (Å²) in [7, 11) is 0. The topological polar surface area (TPSA) is 0 Å². The van der Waals surface area contributed by atoms with E-state index in [0.29, 0.717) is 0 Å². The molecule has 0 saturated carbocycles. The van der Waals surface area contributed by atoms with Crippen LogP contribution in [0.4, 0.5) is 0 Å². The Morgan fingerprint density at radius 1 is 0.462 bits per heavy atom. The molecular weight excluding hydrogens is 312 g/mol. The van der Waals surface area contributed by atoms with Gasteiger partial charge in [0, 0.05) is 0 Å². The van der Waals surface area contributed by atoms with Crippen LogP contribution in [0.1, 0.15) is 27.8 Å². The molecule has 0 atom stereocenters. The van der Waals surface area contributed by atoms with Crippen LogP contribution in [-0.4, -0.2) is 0 Å². The fraction of sp³-hybridized carbons (Fsp3) is 0.0769. The van der Waals surface area contributed by atoms with Crippen LogP contribution >= 0.6 is 0 Å². The summed E-state index contributed by atoms with van der Waals surface area (Å²) in [5.74, 6) is 0. The molecule has 0 aromatic heterocycles. The Balaban J connectivity index is 1.88. The van der Waals surface area contributed by atoms with Gasteiger partial charge in [-0.3, -0.25) is 0 Å². The Kier molecular flexibility index (Phi) is 2.57. The predicted molar refractivity (Wildman–Crippen MR) is 107 cm³/mol. The van der Waals surface area contributed by atoms with Gasteiger partial charge in [-0.05, 0) is 51.4 Å². The number of hydrogen-bond donors (Lipinski definition) is 0. The quantitative estimate of drug-likeness (QED) is 0.305. The lowest BCUT2D eigenvalue weighted by Crippen LogP contribution is -2.25. The molecule has 0 aliphatic heterocycles. The van der Waals surface area contributed by atoms with E-state index in [1.165, 1.54) is 50.1 Å². The first-order valence-electron chi connectivity index (χ1n) is 9.22. The molecule has 1 spiro atoms. The SMILES string of the molecule is Cc1ccc2c(c1)C1(c3ccccc3-c3ccccc31)c1ccccc1-2. The van der Waals surface area contributed by atoms with Crippen molar-refractivity contribution in [2.24, 2.45) is 0 Å². The maximum Gasteiger partial charge on any atom is 0.0725 e. The Bertz CT molecular complexity index is 1130. The molecule has 0 fully saturated rings. The molecule has 0 unspecified atom stereocenters. The summed E-state index contributed by atoms with van der Waals surface area (Å²) in [5.41, 5.74) is 12.3. The van der Waals surface area contributed by atoms with Crippen molar-refractivity contribution in [1.29, 1.82) is 0 Å². The summed E-state index contributed by atoms with van der Waals surface area (Å²) < 4.78 is 0. The summed E-state index contributed by atoms with van der Waals surface area (Å²) >= 11 is 0. The minimum atomic E-state index is -0.189. The van der Waals surface area contributed by atoms with Crippen molar-refractivity contribution in [3.8, 4) is 22.3 Å². The van der Waals surface area contributed by atoms with E-state index >= 15 is 0 Å². The van der Waals surface area contributed by atoms with E-state index in [9.17, 15) is 0 Å². The van der Waals surface area contributed by atoms with Crippen LogP contribution in [0.25, 0.3) is 22.3 Å². The third-order valence-corrected chi connectivity index (χ3v) is 6.15. The van der Waals surface area contributed by atoms with Crippen molar-refractivity contribution in [3.05, 3.63) is 119 Å². The van der Waals surface area contributed by atoms with E-state index in [4.69, 9.17) is 0 Å². The van der Waals surface area contributed by atoms with Gasteiger partial charge >= 0.3 is 0 Å². The summed E-state index contributed by atoms with van der Waals surface area (Å²) in [6, 6.07) is 33.8. The molecule has 0 amide bonds. The molecule has 0 nitrogen and oxygen atoms in total. The Morgan fingerprint density at radius 3 is 1.38 bits per heavy atom. The maximum absolute atomic E-state index is 2.40. The van der Waals surface area contributed by atoms with Gasteiger partial charge in [-0.15, -0.1) is 0 Å². The highest BCUT2D eigenvalue weighted by Crippen LogP contribution is 2.62. The number of aryl methyl sites for hydroxylation is 1. The lowest BCUT2D eigenvalue weighted by atomic mass is 9.70. The van der Waals surface area contributed by atoms with Gasteiger partial charge in [0.25, 0.3) is 0 Å². The second-order valence-electron chi connectivity index (χ2n) is 7.44. The van der Waals surface area contributed by atoms with Crippen molar-refractivity contribution < 1.29 is 0 Å². The fourth-order valence-electron chi connectivity index (χ4n) is 5.21. The maximum atomic E-state index is 2.40. The third-order valence-electron chi connectivity index (χ3n) is 6.15. The van der Waals surface area contributed by atoms with Gasteiger partial charge < -0.3 is 0 Å². The van der Waals surface area contributed by atoms with Crippen molar-refractivity contribution in [1.82, 2.24) is 0 Å². The summed E-state index contributed by atoms with van der Waals surface area (Å²) in [6.45, 7) is 2.20. The number of rotatable bonds is 0. The van der Waals surface area contributed by atoms with Crippen LogP contribution in [0.3, 0.4) is 0 Å². The Labute approximate surface area is 153 Å². The normalized spacial score (nSPS) is 14.7. The molecule has 0 bridgehead atoms. The van der Waals surface area contributed by atoms with Crippen LogP contribution in [0.2, 0.25) is 0 Å². The fourth-order valence-corrected chi connectivity index (χ4v) is 5.21. The molecule has 0 N–H and O–H groups in total. The average Bonchev–Trinajstić information content (AvgIpc) is 3.15. The van der Waals surface area contributed by atoms with Gasteiger partial charge in [-0.2, -0.15) is 0 Å². The standard InChI is InChI=1S/C26H18/c1-17-14-15-21-20-10-4-7-13-24(20)26(25(21)16-17)22-11-5-2-8-18(22)19-9-3-6-12-23(19)26/h2-16H,1H3. The van der Waals surface area contributed by atoms with E-state index < -0.39 is 0 Å². The molecule has 2 aliphatic carbocycles. The van der Waals surface area contributed by atoms with Crippen molar-refractivity contribution in [2.75, 3.05) is 0 Å². The Hall–Kier alpha value is -3.12. The van der Waals surface area contributed by atoms with Crippen LogP contribution in [0, 0.1) is 6.92 Å². The second kappa shape index (κ2) is 4.74. The number of fused-ring (bicyclic) bond motifs is 10. The van der Waals surface area contributed by atoms with E-state index in [1.54, 1.807) is 0 Å². The molecule has 0 heterocycles. The van der Waals surface area contributed by atoms with Gasteiger partial charge in [0.15, 0.2) is 0 Å². The molecule has 6 rings (SSSR count). The van der Waals surface area contributed by atoms with Crippen LogP contribution in [0.5, 0.6) is 0 Å². The van der Waals surface area contributed by atoms with Crippen LogP contribution in [0.15, 0.2) is 91.0 Å². The minimum Gasteiger partial charge on any atom is -0.0619 e. The average molecular weight is 330 g/mol. The first-order chi connectivity index (χ1) is 12.8. The summed E-state index contributed by atoms with van der Waals surface area (Å²) in [6.07, 6.45) is 0. The highest BCUT2D eigenvalue weighted by molar-refractivity contribution is 5.94.